The Balaban J connectivity index is 2.87. The smallest absolute Gasteiger partial charge is 0.227 e. The molecule has 0 aromatic heterocycles. The Labute approximate surface area is 106 Å². The van der Waals surface area contributed by atoms with Gasteiger partial charge in [0, 0.05) is 36.1 Å². The fraction of sp³-hybridized carbons (Fsp3) is 0.889. The third-order valence-corrected chi connectivity index (χ3v) is 5.62. The van der Waals surface area contributed by atoms with Gasteiger partial charge in [0.1, 0.15) is 5.37 Å². The van der Waals surface area contributed by atoms with Crippen LogP contribution in [0, 0.1) is 5.92 Å². The zero-order valence-electron chi connectivity index (χ0n) is 9.35. The van der Waals surface area contributed by atoms with Crippen LogP contribution in [0.25, 0.3) is 0 Å². The molecule has 1 aliphatic rings. The Morgan fingerprint density at radius 3 is 2.75 bits per heavy atom. The lowest BCUT2D eigenvalue weighted by Gasteiger charge is -2.35. The Bertz CT molecular complexity index is 358. The van der Waals surface area contributed by atoms with Gasteiger partial charge in [-0.05, 0) is 0 Å². The third kappa shape index (κ3) is 3.28. The van der Waals surface area contributed by atoms with E-state index in [2.05, 4.69) is 0 Å². The van der Waals surface area contributed by atoms with Crippen molar-refractivity contribution < 1.29 is 13.2 Å². The van der Waals surface area contributed by atoms with Crippen LogP contribution < -0.4 is 0 Å². The van der Waals surface area contributed by atoms with E-state index in [-0.39, 0.29) is 17.7 Å². The van der Waals surface area contributed by atoms with Crippen LogP contribution in [0.5, 0.6) is 0 Å². The number of hydrogen-bond donors (Lipinski definition) is 0. The number of halogens is 1. The van der Waals surface area contributed by atoms with E-state index in [1.165, 1.54) is 11.2 Å². The van der Waals surface area contributed by atoms with Crippen molar-refractivity contribution in [3.05, 3.63) is 0 Å². The number of alkyl halides is 1. The van der Waals surface area contributed by atoms with Crippen molar-refractivity contribution in [3.63, 3.8) is 0 Å². The van der Waals surface area contributed by atoms with Crippen LogP contribution in [0.3, 0.4) is 0 Å². The molecule has 0 aromatic rings. The monoisotopic (exact) mass is 285 g/mol. The number of hydrogen-bond acceptors (Lipinski definition) is 4. The van der Waals surface area contributed by atoms with Crippen molar-refractivity contribution in [3.8, 4) is 0 Å². The number of sulfone groups is 1. The predicted octanol–water partition coefficient (Wildman–Crippen LogP) is 0.807. The molecular weight excluding hydrogens is 270 g/mol. The molecule has 0 N–H and O–H groups in total. The fourth-order valence-electron chi connectivity index (χ4n) is 1.54. The first-order valence-corrected chi connectivity index (χ1v) is 8.65. The van der Waals surface area contributed by atoms with E-state index in [1.807, 2.05) is 0 Å². The fourth-order valence-corrected chi connectivity index (χ4v) is 4.49. The van der Waals surface area contributed by atoms with E-state index in [1.54, 1.807) is 18.7 Å². The molecule has 94 valence electrons. The minimum atomic E-state index is -3.22. The summed E-state index contributed by atoms with van der Waals surface area (Å²) < 4.78 is 23.1. The predicted molar refractivity (Wildman–Crippen MR) is 67.6 cm³/mol. The average Bonchev–Trinajstić information content (AvgIpc) is 2.26. The number of amides is 1. The van der Waals surface area contributed by atoms with Gasteiger partial charge in [-0.3, -0.25) is 4.79 Å². The summed E-state index contributed by atoms with van der Waals surface area (Å²) in [7, 11) is -3.22. The van der Waals surface area contributed by atoms with Gasteiger partial charge in [0.05, 0.1) is 0 Å². The highest BCUT2D eigenvalue weighted by atomic mass is 35.5. The molecule has 1 fully saturated rings. The molecule has 1 aliphatic heterocycles. The van der Waals surface area contributed by atoms with Crippen LogP contribution in [-0.4, -0.2) is 54.8 Å². The molecule has 0 spiro atoms. The number of carbonyl (C=O) groups is 1. The third-order valence-electron chi connectivity index (χ3n) is 2.51. The summed E-state index contributed by atoms with van der Waals surface area (Å²) >= 11 is 7.19. The zero-order chi connectivity index (χ0) is 12.3. The molecule has 0 aromatic carbocycles. The first kappa shape index (κ1) is 14.1. The van der Waals surface area contributed by atoms with Crippen LogP contribution >= 0.6 is 23.4 Å². The summed E-state index contributed by atoms with van der Waals surface area (Å²) in [5, 5.41) is -0.690. The lowest BCUT2D eigenvalue weighted by molar-refractivity contribution is -0.134. The SMILES string of the molecule is CC(CCl)C(=O)N1CCSCC1S(C)(=O)=O. The van der Waals surface area contributed by atoms with Crippen LogP contribution in [0.15, 0.2) is 0 Å². The number of rotatable bonds is 3. The second-order valence-electron chi connectivity index (χ2n) is 3.95. The van der Waals surface area contributed by atoms with Crippen LogP contribution in [0.2, 0.25) is 0 Å². The van der Waals surface area contributed by atoms with Crippen molar-refractivity contribution in [2.45, 2.75) is 12.3 Å². The summed E-state index contributed by atoms with van der Waals surface area (Å²) in [4.78, 5) is 13.4. The number of thioether (sulfide) groups is 1. The Hall–Kier alpha value is 0.0600. The topological polar surface area (TPSA) is 54.5 Å². The van der Waals surface area contributed by atoms with Crippen LogP contribution in [0.1, 0.15) is 6.92 Å². The first-order valence-electron chi connectivity index (χ1n) is 5.01. The summed E-state index contributed by atoms with van der Waals surface area (Å²) in [6.45, 7) is 2.21. The maximum atomic E-state index is 12.0. The molecule has 1 rings (SSSR count). The van der Waals surface area contributed by atoms with Gasteiger partial charge in [-0.25, -0.2) is 8.42 Å². The maximum absolute atomic E-state index is 12.0. The normalized spacial score (nSPS) is 24.2. The molecule has 1 heterocycles. The van der Waals surface area contributed by atoms with E-state index >= 15 is 0 Å². The molecule has 0 aliphatic carbocycles. The second-order valence-corrected chi connectivity index (χ2v) is 7.61. The van der Waals surface area contributed by atoms with Gasteiger partial charge in [-0.2, -0.15) is 11.8 Å². The van der Waals surface area contributed by atoms with Crippen LogP contribution in [0.4, 0.5) is 0 Å². The lowest BCUT2D eigenvalue weighted by atomic mass is 10.2. The minimum absolute atomic E-state index is 0.161. The van der Waals surface area contributed by atoms with Gasteiger partial charge >= 0.3 is 0 Å². The highest BCUT2D eigenvalue weighted by Crippen LogP contribution is 2.22. The summed E-state index contributed by atoms with van der Waals surface area (Å²) in [6.07, 6.45) is 1.18. The highest BCUT2D eigenvalue weighted by Gasteiger charge is 2.35. The van der Waals surface area contributed by atoms with Crippen LogP contribution in [-0.2, 0) is 14.6 Å². The molecule has 16 heavy (non-hydrogen) atoms. The molecule has 4 nitrogen and oxygen atoms in total. The largest absolute Gasteiger partial charge is 0.324 e. The molecule has 1 saturated heterocycles. The van der Waals surface area contributed by atoms with Gasteiger partial charge in [-0.15, -0.1) is 11.6 Å². The lowest BCUT2D eigenvalue weighted by Crippen LogP contribution is -2.51. The second kappa shape index (κ2) is 5.60. The molecule has 0 saturated carbocycles. The summed E-state index contributed by atoms with van der Waals surface area (Å²) in [5.41, 5.74) is 0. The summed E-state index contributed by atoms with van der Waals surface area (Å²) in [6, 6.07) is 0. The summed E-state index contributed by atoms with van der Waals surface area (Å²) in [5.74, 6) is 0.977. The number of carbonyl (C=O) groups excluding carboxylic acids is 1. The molecule has 7 heteroatoms. The molecule has 2 atom stereocenters. The Morgan fingerprint density at radius 1 is 1.62 bits per heavy atom. The molecular formula is C9H16ClNO3S2. The van der Waals surface area contributed by atoms with Crippen molar-refractivity contribution in [2.24, 2.45) is 5.92 Å². The average molecular weight is 286 g/mol. The minimum Gasteiger partial charge on any atom is -0.324 e. The Kier molecular flexibility index (Phi) is 4.94. The maximum Gasteiger partial charge on any atom is 0.227 e. The molecule has 1 amide bonds. The highest BCUT2D eigenvalue weighted by molar-refractivity contribution is 8.00. The molecule has 0 bridgehead atoms. The van der Waals surface area contributed by atoms with E-state index < -0.39 is 15.2 Å². The van der Waals surface area contributed by atoms with Crippen molar-refractivity contribution in [2.75, 3.05) is 30.2 Å². The first-order chi connectivity index (χ1) is 7.38. The van der Waals surface area contributed by atoms with E-state index in [9.17, 15) is 13.2 Å². The molecule has 0 radical (unpaired) electrons. The zero-order valence-corrected chi connectivity index (χ0v) is 11.7. The van der Waals surface area contributed by atoms with Gasteiger partial charge in [0.2, 0.25) is 5.91 Å². The van der Waals surface area contributed by atoms with Gasteiger partial charge in [0.15, 0.2) is 9.84 Å². The number of nitrogens with zero attached hydrogens (tertiary/aromatic N) is 1. The Morgan fingerprint density at radius 2 is 2.25 bits per heavy atom. The van der Waals surface area contributed by atoms with E-state index in [4.69, 9.17) is 11.6 Å². The quantitative estimate of drug-likeness (QED) is 0.720. The standard InChI is InChI=1S/C9H16ClNO3S2/c1-7(5-10)9(12)11-3-4-15-6-8(11)16(2,13)14/h7-8H,3-6H2,1-2H3. The van der Waals surface area contributed by atoms with Gasteiger partial charge < -0.3 is 4.90 Å². The molecule has 2 unspecified atom stereocenters. The van der Waals surface area contributed by atoms with Crippen molar-refractivity contribution in [1.82, 2.24) is 4.90 Å². The van der Waals surface area contributed by atoms with Gasteiger partial charge in [0.25, 0.3) is 0 Å². The van der Waals surface area contributed by atoms with E-state index in [0.29, 0.717) is 12.3 Å². The van der Waals surface area contributed by atoms with Gasteiger partial charge in [-0.1, -0.05) is 6.92 Å². The van der Waals surface area contributed by atoms with Crippen molar-refractivity contribution in [1.29, 1.82) is 0 Å². The van der Waals surface area contributed by atoms with E-state index in [0.717, 1.165) is 5.75 Å². The van der Waals surface area contributed by atoms with Crippen molar-refractivity contribution >= 4 is 39.1 Å².